The van der Waals surface area contributed by atoms with Crippen molar-refractivity contribution in [3.63, 3.8) is 0 Å². The van der Waals surface area contributed by atoms with Gasteiger partial charge in [0.2, 0.25) is 0 Å². The summed E-state index contributed by atoms with van der Waals surface area (Å²) in [6.07, 6.45) is 0. The number of carbonyl (C=O) groups is 1. The molecular weight excluding hydrogens is 294 g/mol. The number of rotatable bonds is 7. The molecule has 0 aliphatic heterocycles. The average Bonchev–Trinajstić information content (AvgIpc) is 2.88. The molecule has 0 fully saturated rings. The summed E-state index contributed by atoms with van der Waals surface area (Å²) in [7, 11) is 0. The van der Waals surface area contributed by atoms with Gasteiger partial charge in [0, 0.05) is 6.07 Å². The monoisotopic (exact) mass is 309 g/mol. The molecular formula is C13H15N3O4S. The molecule has 0 atom stereocenters. The molecule has 0 aliphatic rings. The van der Waals surface area contributed by atoms with Crippen molar-refractivity contribution in [1.29, 1.82) is 0 Å². The Bertz CT molecular complexity index is 630. The van der Waals surface area contributed by atoms with Crippen LogP contribution in [0.2, 0.25) is 0 Å². The van der Waals surface area contributed by atoms with Crippen LogP contribution in [0, 0.1) is 0 Å². The van der Waals surface area contributed by atoms with E-state index in [0.717, 1.165) is 11.8 Å². The number of carboxylic acids is 1. The lowest BCUT2D eigenvalue weighted by Crippen LogP contribution is -2.05. The van der Waals surface area contributed by atoms with Crippen molar-refractivity contribution in [2.24, 2.45) is 0 Å². The maximum absolute atomic E-state index is 10.7. The zero-order valence-electron chi connectivity index (χ0n) is 11.4. The van der Waals surface area contributed by atoms with E-state index < -0.39 is 5.97 Å². The van der Waals surface area contributed by atoms with Crippen molar-refractivity contribution >= 4 is 17.7 Å². The molecule has 0 aliphatic carbocycles. The topological polar surface area (TPSA) is 97.5 Å². The Morgan fingerprint density at radius 1 is 1.43 bits per heavy atom. The number of nitrogens with zero attached hydrogens (tertiary/aromatic N) is 3. The summed E-state index contributed by atoms with van der Waals surface area (Å²) in [5.41, 5.74) is 0.711. The molecule has 2 aromatic rings. The second kappa shape index (κ2) is 7.09. The van der Waals surface area contributed by atoms with Crippen molar-refractivity contribution in [2.45, 2.75) is 18.7 Å². The fourth-order valence-corrected chi connectivity index (χ4v) is 2.45. The molecule has 0 unspecified atom stereocenters. The molecule has 0 amide bonds. The Morgan fingerprint density at radius 3 is 2.90 bits per heavy atom. The Labute approximate surface area is 125 Å². The largest absolute Gasteiger partial charge is 0.494 e. The number of hydrogen-bond donors (Lipinski definition) is 2. The highest BCUT2D eigenvalue weighted by Crippen LogP contribution is 2.24. The molecule has 0 saturated heterocycles. The number of thioether (sulfide) groups is 1. The van der Waals surface area contributed by atoms with Crippen molar-refractivity contribution in [3.8, 4) is 11.4 Å². The second-order valence-electron chi connectivity index (χ2n) is 4.01. The minimum atomic E-state index is -0.942. The molecule has 2 N–H and O–H groups in total. The molecule has 112 valence electrons. The fourth-order valence-electron chi connectivity index (χ4n) is 1.76. The van der Waals surface area contributed by atoms with Gasteiger partial charge < -0.3 is 14.9 Å². The summed E-state index contributed by atoms with van der Waals surface area (Å²) >= 11 is 1.04. The van der Waals surface area contributed by atoms with Crippen LogP contribution in [0.25, 0.3) is 5.69 Å². The molecule has 0 saturated carbocycles. The lowest BCUT2D eigenvalue weighted by molar-refractivity contribution is -0.133. The maximum atomic E-state index is 10.7. The number of aliphatic hydroxyl groups is 1. The Hall–Kier alpha value is -2.06. The highest BCUT2D eigenvalue weighted by Gasteiger charge is 2.15. The minimum absolute atomic E-state index is 0.130. The van der Waals surface area contributed by atoms with E-state index in [4.69, 9.17) is 9.84 Å². The predicted molar refractivity (Wildman–Crippen MR) is 76.8 cm³/mol. The van der Waals surface area contributed by atoms with E-state index >= 15 is 0 Å². The van der Waals surface area contributed by atoms with Crippen LogP contribution in [0.15, 0.2) is 29.4 Å². The molecule has 2 rings (SSSR count). The van der Waals surface area contributed by atoms with Crippen LogP contribution in [-0.4, -0.2) is 43.3 Å². The van der Waals surface area contributed by atoms with Gasteiger partial charge in [-0.3, -0.25) is 9.36 Å². The summed E-state index contributed by atoms with van der Waals surface area (Å²) in [5.74, 6) is -0.0455. The van der Waals surface area contributed by atoms with E-state index in [2.05, 4.69) is 10.2 Å². The van der Waals surface area contributed by atoms with Crippen LogP contribution < -0.4 is 4.74 Å². The van der Waals surface area contributed by atoms with E-state index in [1.807, 2.05) is 25.1 Å². The third-order valence-electron chi connectivity index (χ3n) is 2.55. The third kappa shape index (κ3) is 3.73. The maximum Gasteiger partial charge on any atom is 0.313 e. The van der Waals surface area contributed by atoms with E-state index in [0.29, 0.717) is 29.0 Å². The first-order chi connectivity index (χ1) is 10.2. The Morgan fingerprint density at radius 2 is 2.24 bits per heavy atom. The first-order valence-corrected chi connectivity index (χ1v) is 7.27. The number of aromatic nitrogens is 3. The standard InChI is InChI=1S/C13H15N3O4S/c1-2-20-10-5-3-4-9(6-10)16-11(7-17)14-15-13(16)21-8-12(18)19/h3-6,17H,2,7-8H2,1H3,(H,18,19). The first-order valence-electron chi connectivity index (χ1n) is 6.28. The van der Waals surface area contributed by atoms with E-state index in [-0.39, 0.29) is 12.4 Å². The van der Waals surface area contributed by atoms with Crippen molar-refractivity contribution in [2.75, 3.05) is 12.4 Å². The number of benzene rings is 1. The predicted octanol–water partition coefficient (Wildman–Crippen LogP) is 1.33. The van der Waals surface area contributed by atoms with Crippen molar-refractivity contribution in [3.05, 3.63) is 30.1 Å². The Kier molecular flexibility index (Phi) is 5.18. The Balaban J connectivity index is 2.38. The van der Waals surface area contributed by atoms with Gasteiger partial charge in [-0.05, 0) is 19.1 Å². The highest BCUT2D eigenvalue weighted by atomic mass is 32.2. The normalized spacial score (nSPS) is 10.6. The highest BCUT2D eigenvalue weighted by molar-refractivity contribution is 7.99. The summed E-state index contributed by atoms with van der Waals surface area (Å²) in [4.78, 5) is 10.7. The van der Waals surface area contributed by atoms with E-state index in [9.17, 15) is 9.90 Å². The molecule has 0 spiro atoms. The van der Waals surface area contributed by atoms with Gasteiger partial charge in [-0.25, -0.2) is 0 Å². The summed E-state index contributed by atoms with van der Waals surface area (Å²) < 4.78 is 7.06. The number of ether oxygens (including phenoxy) is 1. The van der Waals surface area contributed by atoms with Gasteiger partial charge in [0.15, 0.2) is 11.0 Å². The fraction of sp³-hybridized carbons (Fsp3) is 0.308. The quantitative estimate of drug-likeness (QED) is 0.745. The SMILES string of the molecule is CCOc1cccc(-n2c(CO)nnc2SCC(=O)O)c1. The van der Waals surface area contributed by atoms with Crippen LogP contribution in [0.3, 0.4) is 0 Å². The van der Waals surface area contributed by atoms with Gasteiger partial charge in [-0.15, -0.1) is 10.2 Å². The molecule has 1 heterocycles. The van der Waals surface area contributed by atoms with Crippen molar-refractivity contribution in [1.82, 2.24) is 14.8 Å². The number of carboxylic acid groups (broad SMARTS) is 1. The third-order valence-corrected chi connectivity index (χ3v) is 3.47. The molecule has 7 nitrogen and oxygen atoms in total. The number of aliphatic carboxylic acids is 1. The molecule has 1 aromatic carbocycles. The van der Waals surface area contributed by atoms with E-state index in [1.54, 1.807) is 10.6 Å². The van der Waals surface area contributed by atoms with Crippen LogP contribution in [0.5, 0.6) is 5.75 Å². The van der Waals surface area contributed by atoms with Gasteiger partial charge in [-0.1, -0.05) is 17.8 Å². The van der Waals surface area contributed by atoms with E-state index in [1.165, 1.54) is 0 Å². The average molecular weight is 309 g/mol. The summed E-state index contributed by atoms with van der Waals surface area (Å²) in [5, 5.41) is 26.3. The van der Waals surface area contributed by atoms with Gasteiger partial charge in [-0.2, -0.15) is 0 Å². The van der Waals surface area contributed by atoms with Gasteiger partial charge in [0.05, 0.1) is 18.0 Å². The molecule has 1 aromatic heterocycles. The summed E-state index contributed by atoms with van der Waals surface area (Å²) in [6.45, 7) is 2.14. The smallest absolute Gasteiger partial charge is 0.313 e. The summed E-state index contributed by atoms with van der Waals surface area (Å²) in [6, 6.07) is 7.24. The van der Waals surface area contributed by atoms with Gasteiger partial charge in [0.1, 0.15) is 12.4 Å². The number of hydrogen-bond acceptors (Lipinski definition) is 6. The van der Waals surface area contributed by atoms with Gasteiger partial charge >= 0.3 is 5.97 Å². The van der Waals surface area contributed by atoms with Crippen LogP contribution >= 0.6 is 11.8 Å². The zero-order chi connectivity index (χ0) is 15.2. The lowest BCUT2D eigenvalue weighted by Gasteiger charge is -2.10. The molecule has 0 radical (unpaired) electrons. The molecule has 0 bridgehead atoms. The van der Waals surface area contributed by atoms with Crippen LogP contribution in [-0.2, 0) is 11.4 Å². The first kappa shape index (κ1) is 15.3. The van der Waals surface area contributed by atoms with Crippen LogP contribution in [0.4, 0.5) is 0 Å². The lowest BCUT2D eigenvalue weighted by atomic mass is 10.3. The molecule has 21 heavy (non-hydrogen) atoms. The van der Waals surface area contributed by atoms with Gasteiger partial charge in [0.25, 0.3) is 0 Å². The number of aliphatic hydroxyl groups excluding tert-OH is 1. The zero-order valence-corrected chi connectivity index (χ0v) is 12.2. The van der Waals surface area contributed by atoms with Crippen LogP contribution in [0.1, 0.15) is 12.7 Å². The second-order valence-corrected chi connectivity index (χ2v) is 4.95. The molecule has 8 heteroatoms. The minimum Gasteiger partial charge on any atom is -0.494 e. The van der Waals surface area contributed by atoms with Crippen molar-refractivity contribution < 1.29 is 19.7 Å².